The van der Waals surface area contributed by atoms with Crippen molar-refractivity contribution >= 4 is 51.3 Å². The average Bonchev–Trinajstić information content (AvgIpc) is 2.27. The van der Waals surface area contributed by atoms with Gasteiger partial charge in [-0.3, -0.25) is 0 Å². The van der Waals surface area contributed by atoms with Gasteiger partial charge in [0.1, 0.15) is 0 Å². The molecule has 0 N–H and O–H groups in total. The molecule has 0 bridgehead atoms. The molecule has 8 heteroatoms. The van der Waals surface area contributed by atoms with Gasteiger partial charge in [-0.05, 0) is 42.3 Å². The summed E-state index contributed by atoms with van der Waals surface area (Å²) in [7, 11) is 10.7. The Labute approximate surface area is 233 Å². The highest BCUT2D eigenvalue weighted by molar-refractivity contribution is 6.75. The molecule has 2 radical (unpaired) electrons. The van der Waals surface area contributed by atoms with Gasteiger partial charge in [0.05, 0.1) is 0 Å². The van der Waals surface area contributed by atoms with Gasteiger partial charge in [-0.2, -0.15) is 0 Å². The summed E-state index contributed by atoms with van der Waals surface area (Å²) in [6, 6.07) is 0. The van der Waals surface area contributed by atoms with E-state index in [1.54, 1.807) is 0 Å². The van der Waals surface area contributed by atoms with Crippen LogP contribution < -0.4 is 0 Å². The lowest BCUT2D eigenvalue weighted by atomic mass is 11.0. The highest BCUT2D eigenvalue weighted by atomic mass is 28.3. The summed E-state index contributed by atoms with van der Waals surface area (Å²) < 4.78 is 0. The minimum Gasteiger partial charge on any atom is -0.312 e. The molecule has 0 unspecified atom stereocenters. The molecule has 0 heterocycles. The van der Waals surface area contributed by atoms with Crippen LogP contribution in [0.15, 0.2) is 0 Å². The molecule has 0 aromatic carbocycles. The Morgan fingerprint density at radius 1 is 0.382 bits per heavy atom. The first-order valence-electron chi connectivity index (χ1n) is 13.1. The zero-order valence-corrected chi connectivity index (χ0v) is 36.4. The van der Waals surface area contributed by atoms with E-state index in [2.05, 4.69) is 131 Å². The zero-order valence-electron chi connectivity index (χ0n) is 30.0. The Hall–Kier alpha value is 1.22. The van der Waals surface area contributed by atoms with Crippen LogP contribution in [0.4, 0.5) is 0 Å². The Morgan fingerprint density at radius 2 is 0.382 bits per heavy atom. The van der Waals surface area contributed by atoms with Gasteiger partial charge in [-0.1, -0.05) is 131 Å². The van der Waals surface area contributed by atoms with E-state index in [0.717, 1.165) is 0 Å². The lowest BCUT2D eigenvalue weighted by molar-refractivity contribution is 0.505. The van der Waals surface area contributed by atoms with Crippen molar-refractivity contribution in [2.24, 2.45) is 0 Å². The molecular formula is C26H80N2Si6. The maximum absolute atomic E-state index is 2.33. The molecule has 0 rings (SSSR count). The first-order valence-corrected chi connectivity index (χ1v) is 34.1. The second-order valence-electron chi connectivity index (χ2n) is 15.1. The zero-order chi connectivity index (χ0) is 30.5. The number of nitrogens with zero attached hydrogens (tertiary/aromatic N) is 2. The monoisotopic (exact) mass is 588 g/mol. The van der Waals surface area contributed by atoms with Crippen molar-refractivity contribution in [2.45, 2.75) is 131 Å². The van der Waals surface area contributed by atoms with Gasteiger partial charge < -0.3 is 9.80 Å². The van der Waals surface area contributed by atoms with Crippen molar-refractivity contribution in [3.05, 3.63) is 0 Å². The van der Waals surface area contributed by atoms with E-state index in [9.17, 15) is 0 Å². The predicted octanol–water partition coefficient (Wildman–Crippen LogP) is 9.21. The molecule has 0 aliphatic rings. The molecule has 0 spiro atoms. The minimum atomic E-state index is -0.611. The third-order valence-corrected chi connectivity index (χ3v) is 0. The van der Waals surface area contributed by atoms with Gasteiger partial charge in [0, 0.05) is 51.3 Å². The molecule has 218 valence electrons. The fourth-order valence-electron chi connectivity index (χ4n) is 0. The average molecular weight is 589 g/mol. The topological polar surface area (TPSA) is 6.48 Å². The second kappa shape index (κ2) is 38.7. The fourth-order valence-corrected chi connectivity index (χ4v) is 0. The molecule has 34 heavy (non-hydrogen) atoms. The Morgan fingerprint density at radius 3 is 0.382 bits per heavy atom. The van der Waals surface area contributed by atoms with Crippen LogP contribution in [-0.4, -0.2) is 103 Å². The van der Waals surface area contributed by atoms with E-state index in [1.165, 1.54) is 0 Å². The van der Waals surface area contributed by atoms with Crippen molar-refractivity contribution in [2.75, 3.05) is 42.3 Å². The lowest BCUT2D eigenvalue weighted by Gasteiger charge is -2.01. The van der Waals surface area contributed by atoms with Gasteiger partial charge in [-0.25, -0.2) is 0 Å². The summed E-state index contributed by atoms with van der Waals surface area (Å²) in [5.74, 6) is 0. The summed E-state index contributed by atoms with van der Waals surface area (Å²) in [4.78, 5) is 4.00. The van der Waals surface area contributed by atoms with Crippen LogP contribution in [0.1, 0.15) is 0 Å². The quantitative estimate of drug-likeness (QED) is 0.260. The van der Waals surface area contributed by atoms with Gasteiger partial charge in [0.25, 0.3) is 0 Å². The van der Waals surface area contributed by atoms with Crippen LogP contribution in [-0.2, 0) is 0 Å². The Kier molecular flexibility index (Phi) is 63.4. The SMILES string of the molecule is CN(C)C.CN(C)C.C[SiH](C)C.C[SiH](C)C.C[Si](C)(C)C.C[Si](C)(C)C.C[Si](C)C.C[Si](C)C. The van der Waals surface area contributed by atoms with Crippen molar-refractivity contribution in [3.63, 3.8) is 0 Å². The summed E-state index contributed by atoms with van der Waals surface area (Å²) in [5.41, 5.74) is 0. The molecule has 2 nitrogen and oxygen atoms in total. The van der Waals surface area contributed by atoms with Crippen molar-refractivity contribution < 1.29 is 0 Å². The van der Waals surface area contributed by atoms with Crippen LogP contribution in [0.5, 0.6) is 0 Å². The first-order chi connectivity index (χ1) is 14.4. The number of hydrogen-bond acceptors (Lipinski definition) is 2. The van der Waals surface area contributed by atoms with Crippen molar-refractivity contribution in [1.82, 2.24) is 9.80 Å². The van der Waals surface area contributed by atoms with Crippen molar-refractivity contribution in [3.8, 4) is 0 Å². The molecule has 0 aromatic rings. The Balaban J connectivity index is -0.0000000380. The van der Waals surface area contributed by atoms with Gasteiger partial charge in [0.2, 0.25) is 0 Å². The molecule has 0 aromatic heterocycles. The first kappa shape index (κ1) is 55.7. The molecule has 0 fully saturated rings. The number of rotatable bonds is 0. The van der Waals surface area contributed by atoms with E-state index < -0.39 is 16.1 Å². The summed E-state index contributed by atoms with van der Waals surface area (Å²) in [6.07, 6.45) is 0. The van der Waals surface area contributed by atoms with Crippen molar-refractivity contribution in [1.29, 1.82) is 0 Å². The molecule has 0 aliphatic carbocycles. The summed E-state index contributed by atoms with van der Waals surface area (Å²) in [5, 5.41) is 0. The van der Waals surface area contributed by atoms with E-state index >= 15 is 0 Å². The maximum Gasteiger partial charge on any atom is 0.0411 e. The third-order valence-electron chi connectivity index (χ3n) is 0. The van der Waals surface area contributed by atoms with Crippen LogP contribution >= 0.6 is 0 Å². The molecule has 0 saturated carbocycles. The predicted molar refractivity (Wildman–Crippen MR) is 194 cm³/mol. The summed E-state index contributed by atoms with van der Waals surface area (Å²) in [6.45, 7) is 46.1. The minimum absolute atomic E-state index is 0.120. The second-order valence-corrected chi connectivity index (χ2v) is 40.1. The number of hydrogen-bond donors (Lipinski definition) is 0. The normalized spacial score (nSPS) is 9.88. The Bertz CT molecular complexity index is 210. The van der Waals surface area contributed by atoms with Crippen LogP contribution in [0, 0.1) is 0 Å². The van der Waals surface area contributed by atoms with Crippen LogP contribution in [0.25, 0.3) is 0 Å². The molecule has 0 aliphatic heterocycles. The fraction of sp³-hybridized carbons (Fsp3) is 1.00. The van der Waals surface area contributed by atoms with Gasteiger partial charge in [0.15, 0.2) is 0 Å². The molecule has 0 atom stereocenters. The third kappa shape index (κ3) is 23100. The van der Waals surface area contributed by atoms with E-state index in [-0.39, 0.29) is 35.2 Å². The molecule has 0 amide bonds. The molecule has 0 saturated heterocycles. The molecular weight excluding hydrogens is 509 g/mol. The van der Waals surface area contributed by atoms with Crippen LogP contribution in [0.3, 0.4) is 0 Å². The maximum atomic E-state index is 2.33. The van der Waals surface area contributed by atoms with Gasteiger partial charge in [-0.15, -0.1) is 0 Å². The van der Waals surface area contributed by atoms with Crippen LogP contribution in [0.2, 0.25) is 131 Å². The van der Waals surface area contributed by atoms with E-state index in [0.29, 0.717) is 0 Å². The smallest absolute Gasteiger partial charge is 0.0411 e. The summed E-state index contributed by atoms with van der Waals surface area (Å²) >= 11 is 0. The highest BCUT2D eigenvalue weighted by Gasteiger charge is 1.99. The largest absolute Gasteiger partial charge is 0.312 e. The highest BCUT2D eigenvalue weighted by Crippen LogP contribution is 1.95. The van der Waals surface area contributed by atoms with Gasteiger partial charge >= 0.3 is 0 Å². The van der Waals surface area contributed by atoms with E-state index in [1.807, 2.05) is 52.1 Å². The van der Waals surface area contributed by atoms with E-state index in [4.69, 9.17) is 0 Å². The standard InChI is InChI=1S/2C4H12Si.2C3H9N.2C3H10Si.2C3H9Si/c2*1-5(2,3)4;6*1-4(2)3/h2*1-4H3;2*1-3H3;2*4H,1-3H3;2*1-3H3. The lowest BCUT2D eigenvalue weighted by Crippen LogP contribution is -2.10.